The maximum atomic E-state index is 11.7. The molecular formula is C20H27N3O2S3. The van der Waals surface area contributed by atoms with Crippen LogP contribution in [0.3, 0.4) is 0 Å². The summed E-state index contributed by atoms with van der Waals surface area (Å²) in [4.78, 5) is 0. The van der Waals surface area contributed by atoms with E-state index in [9.17, 15) is 8.42 Å². The van der Waals surface area contributed by atoms with Crippen molar-refractivity contribution >= 4 is 50.5 Å². The lowest BCUT2D eigenvalue weighted by Gasteiger charge is -2.18. The fourth-order valence-corrected chi connectivity index (χ4v) is 4.23. The number of anilines is 2. The molecule has 28 heavy (non-hydrogen) atoms. The largest absolute Gasteiger partial charge is 0.362 e. The Morgan fingerprint density at radius 2 is 1.93 bits per heavy atom. The molecule has 2 rings (SSSR count). The summed E-state index contributed by atoms with van der Waals surface area (Å²) in [7, 11) is -1.76. The molecule has 0 atom stereocenters. The van der Waals surface area contributed by atoms with Crippen molar-refractivity contribution in [2.24, 2.45) is 0 Å². The summed E-state index contributed by atoms with van der Waals surface area (Å²) < 4.78 is 24.6. The van der Waals surface area contributed by atoms with Crippen LogP contribution in [0.5, 0.6) is 0 Å². The van der Waals surface area contributed by atoms with Crippen molar-refractivity contribution in [2.75, 3.05) is 35.2 Å². The predicted molar refractivity (Wildman–Crippen MR) is 126 cm³/mol. The highest BCUT2D eigenvalue weighted by Gasteiger charge is 2.12. The van der Waals surface area contributed by atoms with Gasteiger partial charge in [-0.05, 0) is 60.6 Å². The van der Waals surface area contributed by atoms with Gasteiger partial charge in [-0.3, -0.25) is 4.31 Å². The van der Waals surface area contributed by atoms with Gasteiger partial charge in [-0.15, -0.1) is 0 Å². The highest BCUT2D eigenvalue weighted by atomic mass is 32.2. The van der Waals surface area contributed by atoms with Crippen molar-refractivity contribution in [1.29, 1.82) is 0 Å². The molecule has 0 saturated carbocycles. The van der Waals surface area contributed by atoms with E-state index in [-0.39, 0.29) is 0 Å². The number of nitrogens with zero attached hydrogens (tertiary/aromatic N) is 1. The summed E-state index contributed by atoms with van der Waals surface area (Å²) in [5, 5.41) is 6.83. The molecule has 0 aliphatic heterocycles. The van der Waals surface area contributed by atoms with Crippen LogP contribution in [0, 0.1) is 6.92 Å². The smallest absolute Gasteiger partial charge is 0.231 e. The van der Waals surface area contributed by atoms with Gasteiger partial charge >= 0.3 is 0 Å². The van der Waals surface area contributed by atoms with Crippen molar-refractivity contribution < 1.29 is 8.42 Å². The Labute approximate surface area is 178 Å². The molecule has 2 aromatic rings. The first kappa shape index (κ1) is 22.5. The molecule has 2 N–H and O–H groups in total. The van der Waals surface area contributed by atoms with E-state index in [1.54, 1.807) is 18.2 Å². The first-order chi connectivity index (χ1) is 13.3. The normalized spacial score (nSPS) is 11.1. The summed E-state index contributed by atoms with van der Waals surface area (Å²) in [6.07, 6.45) is 2.19. The van der Waals surface area contributed by atoms with Gasteiger partial charge in [-0.1, -0.05) is 30.3 Å². The predicted octanol–water partition coefficient (Wildman–Crippen LogP) is 4.00. The molecule has 5 nitrogen and oxygen atoms in total. The van der Waals surface area contributed by atoms with Gasteiger partial charge in [0.05, 0.1) is 11.9 Å². The van der Waals surface area contributed by atoms with Crippen LogP contribution in [0.1, 0.15) is 17.5 Å². The quantitative estimate of drug-likeness (QED) is 0.457. The van der Waals surface area contributed by atoms with Gasteiger partial charge in [0.1, 0.15) is 0 Å². The lowest BCUT2D eigenvalue weighted by molar-refractivity contribution is 0.600. The fourth-order valence-electron chi connectivity index (χ4n) is 2.48. The number of hydrogen-bond acceptors (Lipinski definition) is 4. The molecule has 0 unspecified atom stereocenters. The molecule has 0 aliphatic carbocycles. The molecule has 0 radical (unpaired) electrons. The van der Waals surface area contributed by atoms with Crippen LogP contribution in [0.15, 0.2) is 48.5 Å². The SMILES string of the molecule is Cc1ccccc1CSCCCNC(=S)Nc1cccc(N(C)S(C)(=O)=O)c1. The van der Waals surface area contributed by atoms with Crippen molar-refractivity contribution in [3.63, 3.8) is 0 Å². The molecule has 8 heteroatoms. The van der Waals surface area contributed by atoms with Crippen LogP contribution < -0.4 is 14.9 Å². The number of aryl methyl sites for hydroxylation is 1. The van der Waals surface area contributed by atoms with Gasteiger partial charge in [-0.25, -0.2) is 8.42 Å². The lowest BCUT2D eigenvalue weighted by atomic mass is 10.1. The van der Waals surface area contributed by atoms with Gasteiger partial charge in [-0.2, -0.15) is 11.8 Å². The second-order valence-electron chi connectivity index (χ2n) is 6.49. The highest BCUT2D eigenvalue weighted by Crippen LogP contribution is 2.20. The summed E-state index contributed by atoms with van der Waals surface area (Å²) in [5.41, 5.74) is 4.06. The monoisotopic (exact) mass is 437 g/mol. The molecule has 0 spiro atoms. The summed E-state index contributed by atoms with van der Waals surface area (Å²) in [6.45, 7) is 2.93. The number of hydrogen-bond donors (Lipinski definition) is 2. The molecule has 0 heterocycles. The number of benzene rings is 2. The van der Waals surface area contributed by atoms with Gasteiger partial charge in [0.15, 0.2) is 5.11 Å². The van der Waals surface area contributed by atoms with E-state index in [0.29, 0.717) is 10.8 Å². The van der Waals surface area contributed by atoms with Gasteiger partial charge in [0, 0.05) is 25.0 Å². The standard InChI is InChI=1S/C20H27N3O2S3/c1-16-8-4-5-9-17(16)15-27-13-7-12-21-20(26)22-18-10-6-11-19(14-18)23(2)28(3,24)25/h4-6,8-11,14H,7,12-13,15H2,1-3H3,(H2,21,22,26). The van der Waals surface area contributed by atoms with E-state index in [1.807, 2.05) is 17.8 Å². The third-order valence-corrected chi connectivity index (χ3v) is 6.78. The average Bonchev–Trinajstić information content (AvgIpc) is 2.64. The van der Waals surface area contributed by atoms with Crippen molar-refractivity contribution in [2.45, 2.75) is 19.1 Å². The van der Waals surface area contributed by atoms with Gasteiger partial charge in [0.25, 0.3) is 0 Å². The topological polar surface area (TPSA) is 61.4 Å². The number of sulfonamides is 1. The van der Waals surface area contributed by atoms with Crippen LogP contribution in [-0.2, 0) is 15.8 Å². The highest BCUT2D eigenvalue weighted by molar-refractivity contribution is 7.98. The Morgan fingerprint density at radius 3 is 2.64 bits per heavy atom. The zero-order valence-electron chi connectivity index (χ0n) is 16.4. The van der Waals surface area contributed by atoms with E-state index < -0.39 is 10.0 Å². The molecular weight excluding hydrogens is 410 g/mol. The molecule has 0 aromatic heterocycles. The maximum absolute atomic E-state index is 11.7. The number of rotatable bonds is 9. The Bertz CT molecular complexity index is 901. The van der Waals surface area contributed by atoms with E-state index in [4.69, 9.17) is 12.2 Å². The first-order valence-electron chi connectivity index (χ1n) is 8.98. The van der Waals surface area contributed by atoms with Crippen LogP contribution in [-0.4, -0.2) is 39.1 Å². The Kier molecular flexibility index (Phi) is 8.59. The Balaban J connectivity index is 1.71. The lowest BCUT2D eigenvalue weighted by Crippen LogP contribution is -2.29. The van der Waals surface area contributed by atoms with Crippen LogP contribution >= 0.6 is 24.0 Å². The van der Waals surface area contributed by atoms with Gasteiger partial charge < -0.3 is 10.6 Å². The van der Waals surface area contributed by atoms with Crippen molar-refractivity contribution in [1.82, 2.24) is 5.32 Å². The molecule has 0 aliphatic rings. The Morgan fingerprint density at radius 1 is 1.18 bits per heavy atom. The van der Waals surface area contributed by atoms with Crippen molar-refractivity contribution in [3.8, 4) is 0 Å². The van der Waals surface area contributed by atoms with Gasteiger partial charge in [0.2, 0.25) is 10.0 Å². The van der Waals surface area contributed by atoms with Crippen LogP contribution in [0.4, 0.5) is 11.4 Å². The Hall–Kier alpha value is -1.77. The molecule has 152 valence electrons. The van der Waals surface area contributed by atoms with E-state index in [0.717, 1.165) is 30.2 Å². The molecule has 0 bridgehead atoms. The summed E-state index contributed by atoms with van der Waals surface area (Å²) in [6, 6.07) is 15.6. The minimum absolute atomic E-state index is 0.531. The second-order valence-corrected chi connectivity index (χ2v) is 10.0. The first-order valence-corrected chi connectivity index (χ1v) is 12.4. The van der Waals surface area contributed by atoms with E-state index >= 15 is 0 Å². The van der Waals surface area contributed by atoms with E-state index in [2.05, 4.69) is 41.8 Å². The average molecular weight is 438 g/mol. The number of thiocarbonyl (C=S) groups is 1. The minimum Gasteiger partial charge on any atom is -0.362 e. The zero-order valence-corrected chi connectivity index (χ0v) is 18.9. The zero-order chi connectivity index (χ0) is 20.6. The third-order valence-electron chi connectivity index (χ3n) is 4.23. The minimum atomic E-state index is -3.29. The number of nitrogens with one attached hydrogen (secondary N) is 2. The van der Waals surface area contributed by atoms with Crippen LogP contribution in [0.25, 0.3) is 0 Å². The molecule has 0 saturated heterocycles. The third kappa shape index (κ3) is 7.33. The second kappa shape index (κ2) is 10.7. The summed E-state index contributed by atoms with van der Waals surface area (Å²) >= 11 is 7.25. The number of thioether (sulfide) groups is 1. The molecule has 0 amide bonds. The van der Waals surface area contributed by atoms with Crippen LogP contribution in [0.2, 0.25) is 0 Å². The molecule has 0 fully saturated rings. The fraction of sp³-hybridized carbons (Fsp3) is 0.350. The summed E-state index contributed by atoms with van der Waals surface area (Å²) in [5.74, 6) is 2.08. The van der Waals surface area contributed by atoms with E-state index in [1.165, 1.54) is 28.7 Å². The van der Waals surface area contributed by atoms with Crippen molar-refractivity contribution in [3.05, 3.63) is 59.7 Å². The molecule has 2 aromatic carbocycles. The maximum Gasteiger partial charge on any atom is 0.231 e.